The molecule has 2 aromatic carbocycles. The fourth-order valence-electron chi connectivity index (χ4n) is 4.62. The van der Waals surface area contributed by atoms with Crippen molar-refractivity contribution < 1.29 is 14.3 Å². The van der Waals surface area contributed by atoms with E-state index in [2.05, 4.69) is 5.32 Å². The van der Waals surface area contributed by atoms with E-state index in [-0.39, 0.29) is 18.0 Å². The van der Waals surface area contributed by atoms with Crippen LogP contribution in [0.25, 0.3) is 0 Å². The van der Waals surface area contributed by atoms with Crippen LogP contribution in [-0.2, 0) is 0 Å². The van der Waals surface area contributed by atoms with Crippen molar-refractivity contribution in [3.63, 3.8) is 0 Å². The Bertz CT molecular complexity index is 1000. The lowest BCUT2D eigenvalue weighted by Crippen LogP contribution is -2.65. The lowest BCUT2D eigenvalue weighted by Gasteiger charge is -2.50. The number of ether oxygens (including phenoxy) is 1. The molecule has 0 spiro atoms. The number of fused-ring (bicyclic) bond motifs is 4. The van der Waals surface area contributed by atoms with Gasteiger partial charge in [0.25, 0.3) is 5.91 Å². The molecule has 150 valence electrons. The van der Waals surface area contributed by atoms with Gasteiger partial charge in [-0.1, -0.05) is 17.7 Å². The van der Waals surface area contributed by atoms with E-state index in [9.17, 15) is 9.59 Å². The van der Waals surface area contributed by atoms with Crippen molar-refractivity contribution >= 4 is 29.2 Å². The number of amides is 3. The van der Waals surface area contributed by atoms with Crippen LogP contribution in [0.4, 0.5) is 10.5 Å². The number of hydrogen-bond donors (Lipinski definition) is 1. The second kappa shape index (κ2) is 6.66. The molecule has 2 fully saturated rings. The molecule has 3 heterocycles. The number of anilines is 1. The van der Waals surface area contributed by atoms with E-state index in [0.29, 0.717) is 28.4 Å². The molecule has 2 aromatic rings. The van der Waals surface area contributed by atoms with Crippen molar-refractivity contribution in [2.75, 3.05) is 18.0 Å². The molecule has 7 heteroatoms. The minimum absolute atomic E-state index is 0.00865. The minimum atomic E-state index is -0.858. The average Bonchev–Trinajstić information content (AvgIpc) is 3.22. The predicted octanol–water partition coefficient (Wildman–Crippen LogP) is 4.35. The Kier molecular flexibility index (Phi) is 4.21. The van der Waals surface area contributed by atoms with Crippen LogP contribution in [0, 0.1) is 0 Å². The molecule has 0 radical (unpaired) electrons. The van der Waals surface area contributed by atoms with Gasteiger partial charge >= 0.3 is 6.03 Å². The van der Waals surface area contributed by atoms with Gasteiger partial charge in [0.1, 0.15) is 5.75 Å². The number of urea groups is 1. The molecule has 2 bridgehead atoms. The maximum Gasteiger partial charge on any atom is 0.325 e. The van der Waals surface area contributed by atoms with Gasteiger partial charge in [-0.25, -0.2) is 4.79 Å². The largest absolute Gasteiger partial charge is 0.467 e. The van der Waals surface area contributed by atoms with Crippen molar-refractivity contribution in [3.8, 4) is 5.75 Å². The Morgan fingerprint density at radius 1 is 1.21 bits per heavy atom. The summed E-state index contributed by atoms with van der Waals surface area (Å²) in [7, 11) is 0. The van der Waals surface area contributed by atoms with E-state index in [4.69, 9.17) is 16.3 Å². The van der Waals surface area contributed by atoms with Crippen LogP contribution in [0.5, 0.6) is 5.75 Å². The molecule has 3 aliphatic rings. The van der Waals surface area contributed by atoms with Crippen LogP contribution in [0.15, 0.2) is 42.5 Å². The topological polar surface area (TPSA) is 61.9 Å². The van der Waals surface area contributed by atoms with Crippen molar-refractivity contribution in [2.45, 2.75) is 38.0 Å². The van der Waals surface area contributed by atoms with Crippen molar-refractivity contribution in [3.05, 3.63) is 58.6 Å². The van der Waals surface area contributed by atoms with E-state index in [1.54, 1.807) is 23.1 Å². The Balaban J connectivity index is 1.50. The van der Waals surface area contributed by atoms with Crippen LogP contribution in [0.1, 0.15) is 48.1 Å². The first-order valence-electron chi connectivity index (χ1n) is 9.93. The highest BCUT2D eigenvalue weighted by atomic mass is 35.5. The number of hydrogen-bond acceptors (Lipinski definition) is 3. The number of nitrogens with zero attached hydrogens (tertiary/aromatic N) is 2. The summed E-state index contributed by atoms with van der Waals surface area (Å²) in [4.78, 5) is 29.3. The molecule has 2 unspecified atom stereocenters. The van der Waals surface area contributed by atoms with Crippen LogP contribution < -0.4 is 15.0 Å². The van der Waals surface area contributed by atoms with Gasteiger partial charge in [0, 0.05) is 35.7 Å². The van der Waals surface area contributed by atoms with Gasteiger partial charge in [-0.15, -0.1) is 0 Å². The van der Waals surface area contributed by atoms with Gasteiger partial charge in [0.2, 0.25) is 0 Å². The predicted molar refractivity (Wildman–Crippen MR) is 110 cm³/mol. The Hall–Kier alpha value is -2.73. The van der Waals surface area contributed by atoms with E-state index < -0.39 is 5.72 Å². The fraction of sp³-hybridized carbons (Fsp3) is 0.364. The average molecular weight is 412 g/mol. The van der Waals surface area contributed by atoms with Gasteiger partial charge in [0.15, 0.2) is 5.72 Å². The summed E-state index contributed by atoms with van der Waals surface area (Å²) in [6, 6.07) is 12.3. The zero-order valence-electron chi connectivity index (χ0n) is 16.2. The highest BCUT2D eigenvalue weighted by Gasteiger charge is 2.50. The first-order chi connectivity index (χ1) is 13.9. The van der Waals surface area contributed by atoms with Gasteiger partial charge in [-0.05, 0) is 56.2 Å². The Morgan fingerprint density at radius 3 is 2.79 bits per heavy atom. The SMILES string of the molecule is CC12CC(NC(=O)N1c1cccc(C(=O)N3CCCC3)c1)c1cc(Cl)ccc1O2. The standard InChI is InChI=1S/C22H22ClN3O3/c1-22-13-18(17-12-15(23)7-8-19(17)29-22)24-21(28)26(22)16-6-4-5-14(11-16)20(27)25-9-2-3-10-25/h4-8,11-12,18H,2-3,9-10,13H2,1H3,(H,24,28). The fourth-order valence-corrected chi connectivity index (χ4v) is 4.80. The van der Waals surface area contributed by atoms with Gasteiger partial charge < -0.3 is 15.0 Å². The van der Waals surface area contributed by atoms with E-state index >= 15 is 0 Å². The number of carbonyl (C=O) groups is 2. The molecule has 1 N–H and O–H groups in total. The molecule has 3 amide bonds. The van der Waals surface area contributed by atoms with E-state index in [1.807, 2.05) is 36.1 Å². The lowest BCUT2D eigenvalue weighted by molar-refractivity contribution is 0.0378. The molecule has 5 rings (SSSR count). The summed E-state index contributed by atoms with van der Waals surface area (Å²) >= 11 is 6.14. The zero-order chi connectivity index (χ0) is 20.2. The summed E-state index contributed by atoms with van der Waals surface area (Å²) in [5.74, 6) is 0.719. The molecule has 3 aliphatic heterocycles. The molecule has 0 aromatic heterocycles. The number of likely N-dealkylation sites (tertiary alicyclic amines) is 1. The van der Waals surface area contributed by atoms with Crippen LogP contribution >= 0.6 is 11.6 Å². The summed E-state index contributed by atoms with van der Waals surface area (Å²) in [5, 5.41) is 3.67. The number of nitrogens with one attached hydrogen (secondary N) is 1. The number of halogens is 1. The smallest absolute Gasteiger partial charge is 0.325 e. The molecule has 0 saturated carbocycles. The quantitative estimate of drug-likeness (QED) is 0.799. The molecule has 2 atom stereocenters. The maximum atomic E-state index is 13.1. The highest BCUT2D eigenvalue weighted by Crippen LogP contribution is 2.46. The van der Waals surface area contributed by atoms with Crippen LogP contribution in [0.2, 0.25) is 5.02 Å². The number of rotatable bonds is 2. The third kappa shape index (κ3) is 3.02. The van der Waals surface area contributed by atoms with Crippen LogP contribution in [0.3, 0.4) is 0 Å². The number of benzene rings is 2. The van der Waals surface area contributed by atoms with Gasteiger partial charge in [-0.3, -0.25) is 9.69 Å². The van der Waals surface area contributed by atoms with E-state index in [1.165, 1.54) is 0 Å². The second-order valence-corrected chi connectivity index (χ2v) is 8.49. The van der Waals surface area contributed by atoms with E-state index in [0.717, 1.165) is 31.5 Å². The van der Waals surface area contributed by atoms with Crippen LogP contribution in [-0.4, -0.2) is 35.7 Å². The highest BCUT2D eigenvalue weighted by molar-refractivity contribution is 6.30. The molecular formula is C22H22ClN3O3. The first kappa shape index (κ1) is 18.3. The third-order valence-corrected chi connectivity index (χ3v) is 6.21. The summed E-state index contributed by atoms with van der Waals surface area (Å²) in [5.41, 5.74) is 1.26. The normalized spacial score (nSPS) is 25.3. The second-order valence-electron chi connectivity index (χ2n) is 8.05. The lowest BCUT2D eigenvalue weighted by atomic mass is 9.90. The maximum absolute atomic E-state index is 13.1. The Labute approximate surface area is 174 Å². The number of carbonyl (C=O) groups excluding carboxylic acids is 2. The van der Waals surface area contributed by atoms with Crippen molar-refractivity contribution in [2.24, 2.45) is 0 Å². The molecule has 29 heavy (non-hydrogen) atoms. The molecule has 2 saturated heterocycles. The minimum Gasteiger partial charge on any atom is -0.467 e. The third-order valence-electron chi connectivity index (χ3n) is 5.98. The molecule has 6 nitrogen and oxygen atoms in total. The molecular weight excluding hydrogens is 390 g/mol. The molecule has 0 aliphatic carbocycles. The first-order valence-corrected chi connectivity index (χ1v) is 10.3. The monoisotopic (exact) mass is 411 g/mol. The summed E-state index contributed by atoms with van der Waals surface area (Å²) < 4.78 is 6.29. The summed E-state index contributed by atoms with van der Waals surface area (Å²) in [6.07, 6.45) is 2.66. The van der Waals surface area contributed by atoms with Gasteiger partial charge in [-0.2, -0.15) is 0 Å². The van der Waals surface area contributed by atoms with Gasteiger partial charge in [0.05, 0.1) is 11.7 Å². The zero-order valence-corrected chi connectivity index (χ0v) is 16.9. The van der Waals surface area contributed by atoms with Crippen molar-refractivity contribution in [1.82, 2.24) is 10.2 Å². The summed E-state index contributed by atoms with van der Waals surface area (Å²) in [6.45, 7) is 3.48. The Morgan fingerprint density at radius 2 is 2.00 bits per heavy atom. The van der Waals surface area contributed by atoms with Crippen molar-refractivity contribution in [1.29, 1.82) is 0 Å².